The van der Waals surface area contributed by atoms with Crippen molar-refractivity contribution in [3.05, 3.63) is 84.2 Å². The number of amides is 1. The molecule has 40 heavy (non-hydrogen) atoms. The van der Waals surface area contributed by atoms with Crippen LogP contribution in [0.4, 0.5) is 23.2 Å². The summed E-state index contributed by atoms with van der Waals surface area (Å²) in [7, 11) is 2.56. The van der Waals surface area contributed by atoms with Gasteiger partial charge in [-0.1, -0.05) is 36.4 Å². The fourth-order valence-corrected chi connectivity index (χ4v) is 4.02. The lowest BCUT2D eigenvalue weighted by Crippen LogP contribution is -2.29. The van der Waals surface area contributed by atoms with E-state index in [-0.39, 0.29) is 46.3 Å². The number of alkyl halides is 3. The summed E-state index contributed by atoms with van der Waals surface area (Å²) in [5, 5.41) is 23.3. The number of nitrogens with one attached hydrogen (secondary N) is 1. The van der Waals surface area contributed by atoms with Crippen molar-refractivity contribution >= 4 is 11.6 Å². The summed E-state index contributed by atoms with van der Waals surface area (Å²) in [6.07, 6.45) is -5.14. The van der Waals surface area contributed by atoms with E-state index in [9.17, 15) is 28.2 Å². The van der Waals surface area contributed by atoms with Gasteiger partial charge in [0.25, 0.3) is 0 Å². The van der Waals surface area contributed by atoms with E-state index in [0.29, 0.717) is 11.6 Å². The maximum absolute atomic E-state index is 15.0. The Balaban J connectivity index is 1.69. The predicted octanol–water partition coefficient (Wildman–Crippen LogP) is 6.67. The highest BCUT2D eigenvalue weighted by Gasteiger charge is 2.38. The highest BCUT2D eigenvalue weighted by Crippen LogP contribution is 2.51. The van der Waals surface area contributed by atoms with Crippen molar-refractivity contribution in [3.63, 3.8) is 0 Å². The molecule has 0 saturated heterocycles. The molecule has 0 atom stereocenters. The molecule has 0 spiro atoms. The van der Waals surface area contributed by atoms with Crippen LogP contribution in [0, 0.1) is 5.82 Å². The number of phenolic OH excluding ortho intramolecular Hbond substituents is 2. The summed E-state index contributed by atoms with van der Waals surface area (Å²) in [5.41, 5.74) is 0.819. The Bertz CT molecular complexity index is 1540. The van der Waals surface area contributed by atoms with Gasteiger partial charge in [0.1, 0.15) is 18.2 Å². The standard InChI is InChI=1S/C29H23F4NO6/c1-38-24-14-20(19-10-9-18(13-21(19)30)34-28(37)29(31,32)33)27(39-2)26(36)25(24)17-8-11-23(22(35)12-17)40-15-16-6-4-3-5-7-16/h3-14,35-36H,15H2,1-2H3,(H,34,37). The van der Waals surface area contributed by atoms with Crippen LogP contribution in [-0.2, 0) is 11.4 Å². The number of rotatable bonds is 8. The molecule has 4 aromatic rings. The zero-order valence-corrected chi connectivity index (χ0v) is 21.2. The molecule has 0 unspecified atom stereocenters. The molecule has 11 heteroatoms. The van der Waals surface area contributed by atoms with Crippen LogP contribution in [0.25, 0.3) is 22.3 Å². The number of methoxy groups -OCH3 is 2. The van der Waals surface area contributed by atoms with Crippen molar-refractivity contribution in [2.24, 2.45) is 0 Å². The van der Waals surface area contributed by atoms with Crippen LogP contribution in [0.5, 0.6) is 28.7 Å². The average Bonchev–Trinajstić information content (AvgIpc) is 2.92. The van der Waals surface area contributed by atoms with Gasteiger partial charge >= 0.3 is 12.1 Å². The van der Waals surface area contributed by atoms with Gasteiger partial charge in [-0.05, 0) is 47.5 Å². The number of hydrogen-bond acceptors (Lipinski definition) is 6. The van der Waals surface area contributed by atoms with E-state index in [0.717, 1.165) is 17.7 Å². The number of phenols is 2. The van der Waals surface area contributed by atoms with Gasteiger partial charge in [0, 0.05) is 16.8 Å². The molecule has 4 aromatic carbocycles. The van der Waals surface area contributed by atoms with Crippen molar-refractivity contribution in [3.8, 4) is 51.0 Å². The fraction of sp³-hybridized carbons (Fsp3) is 0.138. The van der Waals surface area contributed by atoms with Crippen LogP contribution < -0.4 is 19.5 Å². The number of hydrogen-bond donors (Lipinski definition) is 3. The lowest BCUT2D eigenvalue weighted by Gasteiger charge is -2.19. The third-order valence-electron chi connectivity index (χ3n) is 5.90. The number of anilines is 1. The Morgan fingerprint density at radius 3 is 2.20 bits per heavy atom. The van der Waals surface area contributed by atoms with Crippen LogP contribution in [0.3, 0.4) is 0 Å². The van der Waals surface area contributed by atoms with E-state index in [1.165, 1.54) is 32.4 Å². The van der Waals surface area contributed by atoms with Gasteiger partial charge in [-0.3, -0.25) is 4.79 Å². The molecule has 0 fully saturated rings. The lowest BCUT2D eigenvalue weighted by molar-refractivity contribution is -0.167. The Hall–Kier alpha value is -4.93. The normalized spacial score (nSPS) is 11.2. The highest BCUT2D eigenvalue weighted by molar-refractivity contribution is 5.95. The summed E-state index contributed by atoms with van der Waals surface area (Å²) >= 11 is 0. The zero-order chi connectivity index (χ0) is 29.0. The Morgan fingerprint density at radius 1 is 0.875 bits per heavy atom. The van der Waals surface area contributed by atoms with Gasteiger partial charge in [-0.15, -0.1) is 0 Å². The topological polar surface area (TPSA) is 97.3 Å². The lowest BCUT2D eigenvalue weighted by atomic mass is 9.95. The van der Waals surface area contributed by atoms with E-state index in [4.69, 9.17) is 14.2 Å². The smallest absolute Gasteiger partial charge is 0.471 e. The summed E-state index contributed by atoms with van der Waals surface area (Å²) in [4.78, 5) is 11.2. The first-order valence-corrected chi connectivity index (χ1v) is 11.7. The summed E-state index contributed by atoms with van der Waals surface area (Å²) in [5.74, 6) is -3.77. The SMILES string of the molecule is COc1cc(-c2ccc(NC(=O)C(F)(F)F)cc2F)c(OC)c(O)c1-c1ccc(OCc2ccccc2)c(O)c1. The largest absolute Gasteiger partial charge is 0.504 e. The van der Waals surface area contributed by atoms with Gasteiger partial charge in [0.15, 0.2) is 23.0 Å². The first-order valence-electron chi connectivity index (χ1n) is 11.7. The summed E-state index contributed by atoms with van der Waals surface area (Å²) < 4.78 is 69.2. The van der Waals surface area contributed by atoms with Crippen LogP contribution in [0.15, 0.2) is 72.8 Å². The fourth-order valence-electron chi connectivity index (χ4n) is 4.02. The second-order valence-corrected chi connectivity index (χ2v) is 8.49. The molecule has 208 valence electrons. The van der Waals surface area contributed by atoms with Crippen LogP contribution in [0.2, 0.25) is 0 Å². The summed E-state index contributed by atoms with van der Waals surface area (Å²) in [6, 6.07) is 18.1. The third-order valence-corrected chi connectivity index (χ3v) is 5.90. The van der Waals surface area contributed by atoms with Gasteiger partial charge < -0.3 is 29.7 Å². The number of carbonyl (C=O) groups excluding carboxylic acids is 1. The minimum Gasteiger partial charge on any atom is -0.504 e. The van der Waals surface area contributed by atoms with E-state index in [2.05, 4.69) is 0 Å². The molecular weight excluding hydrogens is 534 g/mol. The van der Waals surface area contributed by atoms with Crippen LogP contribution in [-0.4, -0.2) is 36.5 Å². The van der Waals surface area contributed by atoms with Gasteiger partial charge in [0.05, 0.1) is 19.8 Å². The monoisotopic (exact) mass is 557 g/mol. The van der Waals surface area contributed by atoms with Gasteiger partial charge in [0.2, 0.25) is 0 Å². The van der Waals surface area contributed by atoms with Crippen molar-refractivity contribution in [2.75, 3.05) is 19.5 Å². The molecule has 7 nitrogen and oxygen atoms in total. The van der Waals surface area contributed by atoms with Crippen molar-refractivity contribution < 1.29 is 46.8 Å². The number of ether oxygens (including phenoxy) is 3. The maximum Gasteiger partial charge on any atom is 0.471 e. The number of halogens is 4. The molecule has 4 rings (SSSR count). The highest BCUT2D eigenvalue weighted by atomic mass is 19.4. The zero-order valence-electron chi connectivity index (χ0n) is 21.2. The van der Waals surface area contributed by atoms with Crippen molar-refractivity contribution in [1.29, 1.82) is 0 Å². The molecule has 3 N–H and O–H groups in total. The molecule has 0 saturated carbocycles. The third kappa shape index (κ3) is 5.88. The molecule has 1 amide bonds. The molecule has 0 aliphatic carbocycles. The molecule has 0 aliphatic rings. The molecule has 0 bridgehead atoms. The Morgan fingerprint density at radius 2 is 1.60 bits per heavy atom. The molecule has 0 aliphatic heterocycles. The van der Waals surface area contributed by atoms with Crippen LogP contribution >= 0.6 is 0 Å². The molecule has 0 aromatic heterocycles. The maximum atomic E-state index is 15.0. The first kappa shape index (κ1) is 28.1. The molecule has 0 heterocycles. The van der Waals surface area contributed by atoms with E-state index < -0.39 is 29.3 Å². The van der Waals surface area contributed by atoms with E-state index >= 15 is 4.39 Å². The first-order chi connectivity index (χ1) is 19.0. The predicted molar refractivity (Wildman–Crippen MR) is 139 cm³/mol. The van der Waals surface area contributed by atoms with Gasteiger partial charge in [-0.25, -0.2) is 4.39 Å². The number of carbonyl (C=O) groups is 1. The average molecular weight is 557 g/mol. The summed E-state index contributed by atoms with van der Waals surface area (Å²) in [6.45, 7) is 0.217. The van der Waals surface area contributed by atoms with Gasteiger partial charge in [-0.2, -0.15) is 13.2 Å². The quantitative estimate of drug-likeness (QED) is 0.210. The molecular formula is C29H23F4NO6. The second kappa shape index (κ2) is 11.4. The van der Waals surface area contributed by atoms with Crippen molar-refractivity contribution in [2.45, 2.75) is 12.8 Å². The van der Waals surface area contributed by atoms with Crippen molar-refractivity contribution in [1.82, 2.24) is 0 Å². The minimum atomic E-state index is -5.14. The minimum absolute atomic E-state index is 0.0267. The number of aromatic hydroxyl groups is 2. The molecule has 0 radical (unpaired) electrons. The second-order valence-electron chi connectivity index (χ2n) is 8.49. The van der Waals surface area contributed by atoms with E-state index in [1.807, 2.05) is 30.3 Å². The Labute approximate surface area is 226 Å². The van der Waals surface area contributed by atoms with E-state index in [1.54, 1.807) is 11.4 Å². The Kier molecular flexibility index (Phi) is 8.03. The van der Waals surface area contributed by atoms with Crippen LogP contribution in [0.1, 0.15) is 5.56 Å². The number of benzene rings is 4.